The minimum atomic E-state index is -1.00. The molecule has 2 aromatic carbocycles. The van der Waals surface area contributed by atoms with E-state index in [0.29, 0.717) is 22.0 Å². The van der Waals surface area contributed by atoms with Gasteiger partial charge in [0.2, 0.25) is 0 Å². The molecule has 0 atom stereocenters. The molecule has 0 radical (unpaired) electrons. The fourth-order valence-electron chi connectivity index (χ4n) is 1.83. The number of benzene rings is 2. The lowest BCUT2D eigenvalue weighted by atomic mass is 10.1. The topological polar surface area (TPSA) is 78.4 Å². The Kier molecular flexibility index (Phi) is 4.45. The fraction of sp³-hybridized carbons (Fsp3) is 0.0667. The molecule has 0 unspecified atom stereocenters. The van der Waals surface area contributed by atoms with E-state index < -0.39 is 12.0 Å². The van der Waals surface area contributed by atoms with Crippen molar-refractivity contribution in [1.29, 1.82) is 0 Å². The van der Waals surface area contributed by atoms with Crippen LogP contribution in [0.5, 0.6) is 0 Å². The van der Waals surface area contributed by atoms with Gasteiger partial charge in [-0.25, -0.2) is 9.59 Å². The standard InChI is InChI=1S/C15H13ClN2O3/c1-9-8-10(6-7-11(9)14(19)20)17-15(21)18-13-5-3-2-4-12(13)16/h2-8H,1H3,(H,19,20)(H2,17,18,21). The molecule has 5 nitrogen and oxygen atoms in total. The Hall–Kier alpha value is -2.53. The molecule has 0 saturated heterocycles. The molecule has 2 rings (SSSR count). The molecule has 0 aromatic heterocycles. The molecule has 0 aliphatic carbocycles. The van der Waals surface area contributed by atoms with Crippen molar-refractivity contribution >= 4 is 35.0 Å². The van der Waals surface area contributed by atoms with Crippen molar-refractivity contribution in [2.75, 3.05) is 10.6 Å². The number of aryl methyl sites for hydroxylation is 1. The summed E-state index contributed by atoms with van der Waals surface area (Å²) in [5, 5.41) is 14.6. The lowest BCUT2D eigenvalue weighted by molar-refractivity contribution is 0.0696. The Balaban J connectivity index is 2.08. The summed E-state index contributed by atoms with van der Waals surface area (Å²) in [4.78, 5) is 22.8. The highest BCUT2D eigenvalue weighted by molar-refractivity contribution is 6.33. The first-order valence-electron chi connectivity index (χ1n) is 6.14. The zero-order valence-corrected chi connectivity index (χ0v) is 11.9. The number of rotatable bonds is 3. The Morgan fingerprint density at radius 1 is 1.10 bits per heavy atom. The van der Waals surface area contributed by atoms with E-state index >= 15 is 0 Å². The summed E-state index contributed by atoms with van der Waals surface area (Å²) in [6.07, 6.45) is 0. The maximum atomic E-state index is 11.9. The lowest BCUT2D eigenvalue weighted by Gasteiger charge is -2.10. The number of carboxylic acid groups (broad SMARTS) is 1. The van der Waals surface area contributed by atoms with Gasteiger partial charge in [-0.1, -0.05) is 23.7 Å². The van der Waals surface area contributed by atoms with Crippen molar-refractivity contribution in [3.63, 3.8) is 0 Å². The second kappa shape index (κ2) is 6.28. The van der Waals surface area contributed by atoms with Gasteiger partial charge in [-0.05, 0) is 42.8 Å². The van der Waals surface area contributed by atoms with E-state index in [1.807, 2.05) is 0 Å². The van der Waals surface area contributed by atoms with Gasteiger partial charge < -0.3 is 15.7 Å². The van der Waals surface area contributed by atoms with Crippen LogP contribution in [-0.2, 0) is 0 Å². The highest BCUT2D eigenvalue weighted by atomic mass is 35.5. The number of anilines is 2. The summed E-state index contributed by atoms with van der Waals surface area (Å²) in [5.41, 5.74) is 1.77. The van der Waals surface area contributed by atoms with E-state index in [2.05, 4.69) is 10.6 Å². The number of carboxylic acids is 1. The molecule has 6 heteroatoms. The molecule has 0 saturated carbocycles. The van der Waals surface area contributed by atoms with Gasteiger partial charge in [-0.15, -0.1) is 0 Å². The van der Waals surface area contributed by atoms with Crippen LogP contribution in [0.2, 0.25) is 5.02 Å². The Labute approximate surface area is 126 Å². The minimum Gasteiger partial charge on any atom is -0.478 e. The van der Waals surface area contributed by atoms with Crippen molar-refractivity contribution in [1.82, 2.24) is 0 Å². The molecular formula is C15H13ClN2O3. The quantitative estimate of drug-likeness (QED) is 0.802. The highest BCUT2D eigenvalue weighted by Gasteiger charge is 2.09. The largest absolute Gasteiger partial charge is 0.478 e. The fourth-order valence-corrected chi connectivity index (χ4v) is 2.01. The summed E-state index contributed by atoms with van der Waals surface area (Å²) in [6.45, 7) is 1.67. The molecular weight excluding hydrogens is 292 g/mol. The molecule has 21 heavy (non-hydrogen) atoms. The van der Waals surface area contributed by atoms with Crippen LogP contribution >= 0.6 is 11.6 Å². The number of amides is 2. The normalized spacial score (nSPS) is 10.0. The summed E-state index contributed by atoms with van der Waals surface area (Å²) in [6, 6.07) is 11.0. The SMILES string of the molecule is Cc1cc(NC(=O)Nc2ccccc2Cl)ccc1C(=O)O. The van der Waals surface area contributed by atoms with E-state index in [9.17, 15) is 9.59 Å². The van der Waals surface area contributed by atoms with E-state index in [4.69, 9.17) is 16.7 Å². The number of nitrogens with one attached hydrogen (secondary N) is 2. The van der Waals surface area contributed by atoms with Crippen LogP contribution in [0.4, 0.5) is 16.2 Å². The van der Waals surface area contributed by atoms with E-state index in [1.165, 1.54) is 12.1 Å². The van der Waals surface area contributed by atoms with Gasteiger partial charge in [0.1, 0.15) is 0 Å². The summed E-state index contributed by atoms with van der Waals surface area (Å²) in [5.74, 6) is -1.00. The number of halogens is 1. The third-order valence-electron chi connectivity index (χ3n) is 2.84. The molecule has 0 spiro atoms. The van der Waals surface area contributed by atoms with Crippen molar-refractivity contribution in [3.05, 3.63) is 58.6 Å². The van der Waals surface area contributed by atoms with Crippen LogP contribution < -0.4 is 10.6 Å². The third-order valence-corrected chi connectivity index (χ3v) is 3.17. The molecule has 0 heterocycles. The lowest BCUT2D eigenvalue weighted by Crippen LogP contribution is -2.19. The molecule has 0 aliphatic heterocycles. The molecule has 0 fully saturated rings. The Morgan fingerprint density at radius 3 is 2.43 bits per heavy atom. The van der Waals surface area contributed by atoms with Crippen LogP contribution in [0, 0.1) is 6.92 Å². The highest BCUT2D eigenvalue weighted by Crippen LogP contribution is 2.21. The van der Waals surface area contributed by atoms with Crippen molar-refractivity contribution < 1.29 is 14.7 Å². The number of para-hydroxylation sites is 1. The zero-order chi connectivity index (χ0) is 15.4. The van der Waals surface area contributed by atoms with Crippen LogP contribution in [0.3, 0.4) is 0 Å². The number of hydrogen-bond donors (Lipinski definition) is 3. The van der Waals surface area contributed by atoms with Crippen molar-refractivity contribution in [3.8, 4) is 0 Å². The third kappa shape index (κ3) is 3.73. The first-order chi connectivity index (χ1) is 9.97. The first-order valence-corrected chi connectivity index (χ1v) is 6.51. The van der Waals surface area contributed by atoms with Crippen LogP contribution in [0.25, 0.3) is 0 Å². The number of hydrogen-bond acceptors (Lipinski definition) is 2. The average Bonchev–Trinajstić information content (AvgIpc) is 2.41. The second-order valence-corrected chi connectivity index (χ2v) is 4.80. The predicted octanol–water partition coefficient (Wildman–Crippen LogP) is 3.99. The van der Waals surface area contributed by atoms with E-state index in [-0.39, 0.29) is 5.56 Å². The van der Waals surface area contributed by atoms with E-state index in [0.717, 1.165) is 0 Å². The van der Waals surface area contributed by atoms with Crippen molar-refractivity contribution in [2.45, 2.75) is 6.92 Å². The number of carbonyl (C=O) groups excluding carboxylic acids is 1. The first kappa shape index (κ1) is 14.9. The van der Waals surface area contributed by atoms with Gasteiger partial charge in [0.25, 0.3) is 0 Å². The van der Waals surface area contributed by atoms with Crippen LogP contribution in [-0.4, -0.2) is 17.1 Å². The maximum absolute atomic E-state index is 11.9. The number of aromatic carboxylic acids is 1. The summed E-state index contributed by atoms with van der Waals surface area (Å²) >= 11 is 5.94. The zero-order valence-electron chi connectivity index (χ0n) is 11.2. The summed E-state index contributed by atoms with van der Waals surface area (Å²) in [7, 11) is 0. The van der Waals surface area contributed by atoms with Gasteiger partial charge in [0.05, 0.1) is 16.3 Å². The average molecular weight is 305 g/mol. The molecule has 3 N–H and O–H groups in total. The van der Waals surface area contributed by atoms with Gasteiger partial charge >= 0.3 is 12.0 Å². The molecule has 2 amide bonds. The molecule has 0 aliphatic rings. The molecule has 2 aromatic rings. The molecule has 108 valence electrons. The molecule has 0 bridgehead atoms. The number of urea groups is 1. The Bertz CT molecular complexity index is 701. The van der Waals surface area contributed by atoms with Crippen LogP contribution in [0.1, 0.15) is 15.9 Å². The second-order valence-electron chi connectivity index (χ2n) is 4.39. The number of carbonyl (C=O) groups is 2. The Morgan fingerprint density at radius 2 is 1.81 bits per heavy atom. The van der Waals surface area contributed by atoms with E-state index in [1.54, 1.807) is 37.3 Å². The monoisotopic (exact) mass is 304 g/mol. The van der Waals surface area contributed by atoms with Crippen molar-refractivity contribution in [2.24, 2.45) is 0 Å². The minimum absolute atomic E-state index is 0.201. The maximum Gasteiger partial charge on any atom is 0.335 e. The predicted molar refractivity (Wildman–Crippen MR) is 82.2 cm³/mol. The van der Waals surface area contributed by atoms with Gasteiger partial charge in [-0.3, -0.25) is 0 Å². The van der Waals surface area contributed by atoms with Crippen LogP contribution in [0.15, 0.2) is 42.5 Å². The summed E-state index contributed by atoms with van der Waals surface area (Å²) < 4.78 is 0. The van der Waals surface area contributed by atoms with Gasteiger partial charge in [-0.2, -0.15) is 0 Å². The van der Waals surface area contributed by atoms with Gasteiger partial charge in [0.15, 0.2) is 0 Å². The smallest absolute Gasteiger partial charge is 0.335 e. The van der Waals surface area contributed by atoms with Gasteiger partial charge in [0, 0.05) is 5.69 Å².